The topological polar surface area (TPSA) is 56.7 Å². The van der Waals surface area contributed by atoms with Crippen LogP contribution in [0.1, 0.15) is 0 Å². The fourth-order valence-corrected chi connectivity index (χ4v) is 1.91. The molecular formula is C13H11FN4. The first kappa shape index (κ1) is 10.7. The normalized spacial score (nSPS) is 11.0. The first-order valence-electron chi connectivity index (χ1n) is 5.48. The maximum Gasteiger partial charge on any atom is 0.155 e. The molecule has 3 aromatic rings. The third-order valence-corrected chi connectivity index (χ3v) is 2.87. The van der Waals surface area contributed by atoms with Gasteiger partial charge in [0, 0.05) is 36.0 Å². The second kappa shape index (κ2) is 3.80. The summed E-state index contributed by atoms with van der Waals surface area (Å²) in [6, 6.07) is 4.97. The summed E-state index contributed by atoms with van der Waals surface area (Å²) in [6.45, 7) is 0. The summed E-state index contributed by atoms with van der Waals surface area (Å²) >= 11 is 0. The van der Waals surface area contributed by atoms with E-state index in [1.807, 2.05) is 13.2 Å². The van der Waals surface area contributed by atoms with Gasteiger partial charge in [-0.1, -0.05) is 0 Å². The van der Waals surface area contributed by atoms with E-state index in [4.69, 9.17) is 5.73 Å². The van der Waals surface area contributed by atoms with Crippen LogP contribution in [0.4, 0.5) is 10.1 Å². The van der Waals surface area contributed by atoms with Crippen LogP contribution in [0.5, 0.6) is 0 Å². The fraction of sp³-hybridized carbons (Fsp3) is 0.0769. The number of nitrogens with two attached hydrogens (primary N) is 1. The highest BCUT2D eigenvalue weighted by molar-refractivity contribution is 5.86. The van der Waals surface area contributed by atoms with Crippen LogP contribution in [0.2, 0.25) is 0 Å². The summed E-state index contributed by atoms with van der Waals surface area (Å²) in [4.78, 5) is 4.24. The molecule has 0 amide bonds. The summed E-state index contributed by atoms with van der Waals surface area (Å²) in [5, 5.41) is 4.51. The number of aromatic nitrogens is 3. The Hall–Kier alpha value is -2.43. The molecule has 0 saturated carbocycles. The zero-order valence-electron chi connectivity index (χ0n) is 9.76. The Morgan fingerprint density at radius 1 is 1.22 bits per heavy atom. The molecule has 0 aliphatic heterocycles. The number of nitrogen functional groups attached to an aromatic ring is 1. The quantitative estimate of drug-likeness (QED) is 0.666. The molecule has 0 spiro atoms. The van der Waals surface area contributed by atoms with Crippen LogP contribution in [-0.4, -0.2) is 14.8 Å². The molecule has 18 heavy (non-hydrogen) atoms. The molecule has 4 nitrogen and oxygen atoms in total. The van der Waals surface area contributed by atoms with Gasteiger partial charge in [-0.2, -0.15) is 5.10 Å². The molecule has 0 aliphatic carbocycles. The lowest BCUT2D eigenvalue weighted by atomic mass is 10.1. The van der Waals surface area contributed by atoms with Gasteiger partial charge in [-0.15, -0.1) is 0 Å². The van der Waals surface area contributed by atoms with Crippen molar-refractivity contribution < 1.29 is 4.39 Å². The third kappa shape index (κ3) is 1.60. The van der Waals surface area contributed by atoms with Gasteiger partial charge < -0.3 is 5.73 Å². The highest BCUT2D eigenvalue weighted by Gasteiger charge is 2.08. The predicted octanol–water partition coefficient (Wildman–Crippen LogP) is 2.36. The Labute approximate surface area is 103 Å². The lowest BCUT2D eigenvalue weighted by molar-refractivity contribution is 0.644. The molecule has 90 valence electrons. The molecular weight excluding hydrogens is 231 g/mol. The van der Waals surface area contributed by atoms with Crippen LogP contribution < -0.4 is 5.73 Å². The van der Waals surface area contributed by atoms with Gasteiger partial charge in [-0.3, -0.25) is 9.67 Å². The van der Waals surface area contributed by atoms with Crippen molar-refractivity contribution in [1.29, 1.82) is 0 Å². The molecule has 0 unspecified atom stereocenters. The number of benzene rings is 1. The van der Waals surface area contributed by atoms with Crippen molar-refractivity contribution in [2.75, 3.05) is 5.73 Å². The van der Waals surface area contributed by atoms with Crippen LogP contribution >= 0.6 is 0 Å². The van der Waals surface area contributed by atoms with Gasteiger partial charge in [-0.05, 0) is 18.2 Å². The van der Waals surface area contributed by atoms with Crippen LogP contribution in [0.3, 0.4) is 0 Å². The maximum atomic E-state index is 13.9. The van der Waals surface area contributed by atoms with Crippen molar-refractivity contribution in [3.8, 4) is 11.1 Å². The van der Waals surface area contributed by atoms with E-state index in [-0.39, 0.29) is 5.69 Å². The van der Waals surface area contributed by atoms with Crippen molar-refractivity contribution in [2.45, 2.75) is 0 Å². The number of hydrogen-bond donors (Lipinski definition) is 1. The van der Waals surface area contributed by atoms with Crippen molar-refractivity contribution in [3.63, 3.8) is 0 Å². The number of pyridine rings is 1. The van der Waals surface area contributed by atoms with E-state index in [9.17, 15) is 4.39 Å². The third-order valence-electron chi connectivity index (χ3n) is 2.87. The minimum absolute atomic E-state index is 0.132. The molecule has 2 heterocycles. The molecule has 5 heteroatoms. The predicted molar refractivity (Wildman–Crippen MR) is 68.3 cm³/mol. The van der Waals surface area contributed by atoms with E-state index in [1.54, 1.807) is 29.2 Å². The number of anilines is 1. The van der Waals surface area contributed by atoms with Crippen molar-refractivity contribution in [1.82, 2.24) is 14.8 Å². The minimum Gasteiger partial charge on any atom is -0.396 e. The summed E-state index contributed by atoms with van der Waals surface area (Å²) in [5.41, 5.74) is 8.00. The summed E-state index contributed by atoms with van der Waals surface area (Å²) in [5.74, 6) is -0.425. The van der Waals surface area contributed by atoms with E-state index in [0.717, 1.165) is 11.1 Å². The lowest BCUT2D eigenvalue weighted by Gasteiger charge is -2.04. The number of hydrogen-bond acceptors (Lipinski definition) is 3. The number of aryl methyl sites for hydroxylation is 1. The van der Waals surface area contributed by atoms with E-state index in [2.05, 4.69) is 10.1 Å². The van der Waals surface area contributed by atoms with E-state index >= 15 is 0 Å². The van der Waals surface area contributed by atoms with E-state index < -0.39 is 5.82 Å². The van der Waals surface area contributed by atoms with Crippen LogP contribution in [0, 0.1) is 5.82 Å². The van der Waals surface area contributed by atoms with Gasteiger partial charge in [0.1, 0.15) is 0 Å². The molecule has 0 radical (unpaired) electrons. The smallest absolute Gasteiger partial charge is 0.155 e. The fourth-order valence-electron chi connectivity index (χ4n) is 1.91. The first-order chi connectivity index (χ1) is 8.65. The monoisotopic (exact) mass is 242 g/mol. The van der Waals surface area contributed by atoms with Crippen molar-refractivity contribution >= 4 is 16.6 Å². The highest BCUT2D eigenvalue weighted by atomic mass is 19.1. The zero-order chi connectivity index (χ0) is 12.7. The van der Waals surface area contributed by atoms with Crippen molar-refractivity contribution in [2.24, 2.45) is 7.05 Å². The van der Waals surface area contributed by atoms with Crippen LogP contribution in [-0.2, 0) is 7.05 Å². The standard InChI is InChI=1S/C13H11FN4/c1-18-7-9(6-17-18)8-4-10-12(16-5-8)3-2-11(15)13(10)14/h2-7H,15H2,1H3. The van der Waals surface area contributed by atoms with Gasteiger partial charge in [-0.25, -0.2) is 4.39 Å². The van der Waals surface area contributed by atoms with Crippen molar-refractivity contribution in [3.05, 3.63) is 42.6 Å². The van der Waals surface area contributed by atoms with Crippen LogP contribution in [0.25, 0.3) is 22.0 Å². The Kier molecular flexibility index (Phi) is 2.26. The Balaban J connectivity index is 2.24. The Morgan fingerprint density at radius 3 is 2.78 bits per heavy atom. The van der Waals surface area contributed by atoms with Crippen LogP contribution in [0.15, 0.2) is 36.8 Å². The molecule has 0 fully saturated rings. The average Bonchev–Trinajstić information content (AvgIpc) is 2.80. The molecule has 2 aromatic heterocycles. The number of nitrogens with zero attached hydrogens (tertiary/aromatic N) is 3. The summed E-state index contributed by atoms with van der Waals surface area (Å²) in [7, 11) is 1.83. The van der Waals surface area contributed by atoms with Gasteiger partial charge in [0.25, 0.3) is 0 Å². The maximum absolute atomic E-state index is 13.9. The Morgan fingerprint density at radius 2 is 2.06 bits per heavy atom. The number of halogens is 1. The second-order valence-electron chi connectivity index (χ2n) is 4.16. The summed E-state index contributed by atoms with van der Waals surface area (Å²) in [6.07, 6.45) is 5.27. The van der Waals surface area contributed by atoms with E-state index in [0.29, 0.717) is 10.9 Å². The lowest BCUT2D eigenvalue weighted by Crippen LogP contribution is -1.93. The number of fused-ring (bicyclic) bond motifs is 1. The van der Waals surface area contributed by atoms with Gasteiger partial charge >= 0.3 is 0 Å². The van der Waals surface area contributed by atoms with Gasteiger partial charge in [0.05, 0.1) is 17.4 Å². The van der Waals surface area contributed by atoms with Gasteiger partial charge in [0.15, 0.2) is 5.82 Å². The van der Waals surface area contributed by atoms with E-state index in [1.165, 1.54) is 6.07 Å². The molecule has 2 N–H and O–H groups in total. The SMILES string of the molecule is Cn1cc(-c2cnc3ccc(N)c(F)c3c2)cn1. The average molecular weight is 242 g/mol. The first-order valence-corrected chi connectivity index (χ1v) is 5.48. The summed E-state index contributed by atoms with van der Waals surface area (Å²) < 4.78 is 15.6. The molecule has 0 atom stereocenters. The zero-order valence-corrected chi connectivity index (χ0v) is 9.76. The molecule has 3 rings (SSSR count). The molecule has 0 aliphatic rings. The number of rotatable bonds is 1. The second-order valence-corrected chi connectivity index (χ2v) is 4.16. The largest absolute Gasteiger partial charge is 0.396 e. The minimum atomic E-state index is -0.425. The molecule has 0 saturated heterocycles. The highest BCUT2D eigenvalue weighted by Crippen LogP contribution is 2.26. The molecule has 0 bridgehead atoms. The van der Waals surface area contributed by atoms with Gasteiger partial charge in [0.2, 0.25) is 0 Å². The molecule has 1 aromatic carbocycles. The Bertz CT molecular complexity index is 733.